The van der Waals surface area contributed by atoms with Crippen molar-refractivity contribution >= 4 is 12.4 Å². The highest BCUT2D eigenvalue weighted by Crippen LogP contribution is 2.43. The lowest BCUT2D eigenvalue weighted by Crippen LogP contribution is -2.57. The highest BCUT2D eigenvalue weighted by molar-refractivity contribution is 5.81. The SMILES string of the molecule is CC(NC=O)(C(=O)O)C1CC2CCC1O2. The van der Waals surface area contributed by atoms with Crippen molar-refractivity contribution in [1.29, 1.82) is 0 Å². The van der Waals surface area contributed by atoms with Crippen molar-refractivity contribution in [3.05, 3.63) is 0 Å². The zero-order valence-corrected chi connectivity index (χ0v) is 8.60. The first-order chi connectivity index (χ1) is 7.08. The van der Waals surface area contributed by atoms with Crippen molar-refractivity contribution in [3.8, 4) is 0 Å². The van der Waals surface area contributed by atoms with E-state index in [0.717, 1.165) is 19.3 Å². The van der Waals surface area contributed by atoms with E-state index in [1.807, 2.05) is 0 Å². The Labute approximate surface area is 87.8 Å². The lowest BCUT2D eigenvalue weighted by Gasteiger charge is -2.34. The second-order valence-electron chi connectivity index (χ2n) is 4.49. The van der Waals surface area contributed by atoms with E-state index in [1.165, 1.54) is 0 Å². The van der Waals surface area contributed by atoms with Crippen LogP contribution in [-0.4, -0.2) is 35.2 Å². The van der Waals surface area contributed by atoms with Crippen molar-refractivity contribution < 1.29 is 19.4 Å². The zero-order valence-electron chi connectivity index (χ0n) is 8.60. The molecule has 2 heterocycles. The maximum absolute atomic E-state index is 11.2. The van der Waals surface area contributed by atoms with E-state index in [9.17, 15) is 14.7 Å². The second kappa shape index (κ2) is 3.48. The molecule has 0 aliphatic carbocycles. The zero-order chi connectivity index (χ0) is 11.1. The molecule has 15 heavy (non-hydrogen) atoms. The van der Waals surface area contributed by atoms with Crippen LogP contribution in [0.2, 0.25) is 0 Å². The van der Waals surface area contributed by atoms with Gasteiger partial charge >= 0.3 is 5.97 Å². The van der Waals surface area contributed by atoms with Gasteiger partial charge in [0.2, 0.25) is 6.41 Å². The number of fused-ring (bicyclic) bond motifs is 2. The topological polar surface area (TPSA) is 75.6 Å². The number of ether oxygens (including phenoxy) is 1. The van der Waals surface area contributed by atoms with Gasteiger partial charge in [0.1, 0.15) is 5.54 Å². The fourth-order valence-electron chi connectivity index (χ4n) is 2.70. The van der Waals surface area contributed by atoms with Gasteiger partial charge in [0, 0.05) is 5.92 Å². The third-order valence-electron chi connectivity index (χ3n) is 3.65. The van der Waals surface area contributed by atoms with Gasteiger partial charge in [-0.2, -0.15) is 0 Å². The molecule has 2 aliphatic rings. The fourth-order valence-corrected chi connectivity index (χ4v) is 2.70. The quantitative estimate of drug-likeness (QED) is 0.651. The van der Waals surface area contributed by atoms with Crippen molar-refractivity contribution in [2.75, 3.05) is 0 Å². The molecule has 0 aromatic rings. The van der Waals surface area contributed by atoms with Crippen LogP contribution in [-0.2, 0) is 14.3 Å². The number of carboxylic acids is 1. The summed E-state index contributed by atoms with van der Waals surface area (Å²) in [4.78, 5) is 21.7. The predicted molar refractivity (Wildman–Crippen MR) is 51.2 cm³/mol. The lowest BCUT2D eigenvalue weighted by molar-refractivity contribution is -0.149. The molecule has 2 aliphatic heterocycles. The molecule has 84 valence electrons. The molecule has 1 amide bonds. The van der Waals surface area contributed by atoms with E-state index < -0.39 is 11.5 Å². The first kappa shape index (κ1) is 10.4. The van der Waals surface area contributed by atoms with Gasteiger partial charge in [0.15, 0.2) is 0 Å². The molecule has 2 saturated heterocycles. The molecule has 0 saturated carbocycles. The summed E-state index contributed by atoms with van der Waals surface area (Å²) in [7, 11) is 0. The van der Waals surface area contributed by atoms with Crippen LogP contribution in [0.5, 0.6) is 0 Å². The van der Waals surface area contributed by atoms with Gasteiger partial charge in [0.25, 0.3) is 0 Å². The molecular weight excluding hydrogens is 198 g/mol. The molecular formula is C10H15NO4. The Morgan fingerprint density at radius 2 is 2.33 bits per heavy atom. The van der Waals surface area contributed by atoms with Crippen LogP contribution in [0.4, 0.5) is 0 Å². The molecule has 0 aromatic carbocycles. The number of carbonyl (C=O) groups is 2. The largest absolute Gasteiger partial charge is 0.480 e. The molecule has 2 bridgehead atoms. The molecule has 5 heteroatoms. The summed E-state index contributed by atoms with van der Waals surface area (Å²) in [5.41, 5.74) is -1.19. The first-order valence-corrected chi connectivity index (χ1v) is 5.18. The third-order valence-corrected chi connectivity index (χ3v) is 3.65. The summed E-state index contributed by atoms with van der Waals surface area (Å²) in [5, 5.41) is 11.6. The second-order valence-corrected chi connectivity index (χ2v) is 4.49. The van der Waals surface area contributed by atoms with E-state index in [0.29, 0.717) is 6.41 Å². The van der Waals surface area contributed by atoms with Crippen molar-refractivity contribution in [3.63, 3.8) is 0 Å². The van der Waals surface area contributed by atoms with Gasteiger partial charge in [0.05, 0.1) is 12.2 Å². The number of hydrogen-bond donors (Lipinski definition) is 2. The van der Waals surface area contributed by atoms with Crippen molar-refractivity contribution in [2.24, 2.45) is 5.92 Å². The minimum atomic E-state index is -1.19. The number of hydrogen-bond acceptors (Lipinski definition) is 3. The molecule has 0 aromatic heterocycles. The van der Waals surface area contributed by atoms with Crippen LogP contribution >= 0.6 is 0 Å². The minimum Gasteiger partial charge on any atom is -0.480 e. The van der Waals surface area contributed by atoms with Gasteiger partial charge in [-0.25, -0.2) is 4.79 Å². The van der Waals surface area contributed by atoms with Gasteiger partial charge in [-0.05, 0) is 26.2 Å². The number of amides is 1. The molecule has 0 radical (unpaired) electrons. The van der Waals surface area contributed by atoms with Crippen molar-refractivity contribution in [1.82, 2.24) is 5.32 Å². The van der Waals surface area contributed by atoms with E-state index in [-0.39, 0.29) is 18.1 Å². The molecule has 4 unspecified atom stereocenters. The Morgan fingerprint density at radius 3 is 2.73 bits per heavy atom. The average molecular weight is 213 g/mol. The van der Waals surface area contributed by atoms with Crippen LogP contribution in [0, 0.1) is 5.92 Å². The summed E-state index contributed by atoms with van der Waals surface area (Å²) in [6.07, 6.45) is 3.28. The van der Waals surface area contributed by atoms with Crippen LogP contribution in [0.1, 0.15) is 26.2 Å². The van der Waals surface area contributed by atoms with Crippen LogP contribution in [0.25, 0.3) is 0 Å². The summed E-state index contributed by atoms with van der Waals surface area (Å²) in [6.45, 7) is 1.55. The van der Waals surface area contributed by atoms with Gasteiger partial charge < -0.3 is 15.2 Å². The molecule has 0 spiro atoms. The monoisotopic (exact) mass is 213 g/mol. The number of aliphatic carboxylic acids is 1. The van der Waals surface area contributed by atoms with E-state index >= 15 is 0 Å². The molecule has 2 N–H and O–H groups in total. The van der Waals surface area contributed by atoms with Gasteiger partial charge in [-0.1, -0.05) is 0 Å². The lowest BCUT2D eigenvalue weighted by atomic mass is 9.75. The maximum atomic E-state index is 11.2. The van der Waals surface area contributed by atoms with Crippen LogP contribution in [0.3, 0.4) is 0 Å². The van der Waals surface area contributed by atoms with Gasteiger partial charge in [-0.3, -0.25) is 4.79 Å². The summed E-state index contributed by atoms with van der Waals surface area (Å²) >= 11 is 0. The number of carboxylic acid groups (broad SMARTS) is 1. The van der Waals surface area contributed by atoms with E-state index in [4.69, 9.17) is 4.74 Å². The predicted octanol–water partition coefficient (Wildman–Crippen LogP) is 0.143. The Balaban J connectivity index is 2.18. The Bertz CT molecular complexity index is 293. The van der Waals surface area contributed by atoms with Gasteiger partial charge in [-0.15, -0.1) is 0 Å². The van der Waals surface area contributed by atoms with Crippen LogP contribution < -0.4 is 5.32 Å². The maximum Gasteiger partial charge on any atom is 0.329 e. The number of rotatable bonds is 4. The number of carbonyl (C=O) groups excluding carboxylic acids is 1. The Kier molecular flexibility index (Phi) is 2.42. The molecule has 2 fully saturated rings. The summed E-state index contributed by atoms with van der Waals surface area (Å²) in [6, 6.07) is 0. The van der Waals surface area contributed by atoms with E-state index in [2.05, 4.69) is 5.32 Å². The fraction of sp³-hybridized carbons (Fsp3) is 0.800. The Hall–Kier alpha value is -1.10. The van der Waals surface area contributed by atoms with Crippen molar-refractivity contribution in [2.45, 2.75) is 43.9 Å². The average Bonchev–Trinajstić information content (AvgIpc) is 2.78. The van der Waals surface area contributed by atoms with E-state index in [1.54, 1.807) is 6.92 Å². The van der Waals surface area contributed by atoms with Crippen LogP contribution in [0.15, 0.2) is 0 Å². The standard InChI is InChI=1S/C10H15NO4/c1-10(9(13)14,11-5-12)7-4-6-2-3-8(7)15-6/h5-8H,2-4H2,1H3,(H,11,12)(H,13,14). The Morgan fingerprint density at radius 1 is 1.60 bits per heavy atom. The highest BCUT2D eigenvalue weighted by Gasteiger charge is 2.53. The molecule has 2 rings (SSSR count). The molecule has 4 atom stereocenters. The highest BCUT2D eigenvalue weighted by atomic mass is 16.5. The number of nitrogens with one attached hydrogen (secondary N) is 1. The third kappa shape index (κ3) is 1.51. The molecule has 5 nitrogen and oxygen atoms in total. The smallest absolute Gasteiger partial charge is 0.329 e. The minimum absolute atomic E-state index is 0.0106. The normalized spacial score (nSPS) is 37.3. The first-order valence-electron chi connectivity index (χ1n) is 5.18. The summed E-state index contributed by atoms with van der Waals surface area (Å²) < 4.78 is 5.61. The summed E-state index contributed by atoms with van der Waals surface area (Å²) in [5.74, 6) is -1.10.